The van der Waals surface area contributed by atoms with Gasteiger partial charge >= 0.3 is 0 Å². The maximum atomic E-state index is 5.98. The van der Waals surface area contributed by atoms with Gasteiger partial charge in [-0.1, -0.05) is 59.6 Å². The molecule has 0 aromatic heterocycles. The van der Waals surface area contributed by atoms with Crippen molar-refractivity contribution in [1.82, 2.24) is 5.32 Å². The van der Waals surface area contributed by atoms with Crippen LogP contribution in [0.15, 0.2) is 53.5 Å². The van der Waals surface area contributed by atoms with E-state index in [0.29, 0.717) is 15.7 Å². The molecule has 0 spiro atoms. The molecule has 1 aliphatic rings. The van der Waals surface area contributed by atoms with Crippen LogP contribution in [0, 0.1) is 0 Å². The molecule has 0 unspecified atom stereocenters. The van der Waals surface area contributed by atoms with Crippen LogP contribution in [-0.2, 0) is 6.42 Å². The third-order valence-corrected chi connectivity index (χ3v) is 3.91. The number of nitrogens with one attached hydrogen (secondary N) is 2. The number of aliphatic imine (C=N–C) groups is 1. The van der Waals surface area contributed by atoms with Crippen LogP contribution >= 0.6 is 23.2 Å². The SMILES string of the molecule is C[C@H](N)Cc1ccccc1.Clc1cccc(Cl)c1NC1=NCCN1. The average molecular weight is 365 g/mol. The fourth-order valence-electron chi connectivity index (χ4n) is 2.20. The second-order valence-electron chi connectivity index (χ2n) is 5.55. The fraction of sp³-hybridized carbons (Fsp3) is 0.278. The van der Waals surface area contributed by atoms with Crippen LogP contribution in [0.25, 0.3) is 0 Å². The van der Waals surface area contributed by atoms with Crippen molar-refractivity contribution in [2.45, 2.75) is 19.4 Å². The molecule has 2 aromatic rings. The fourth-order valence-corrected chi connectivity index (χ4v) is 2.70. The Morgan fingerprint density at radius 3 is 2.33 bits per heavy atom. The van der Waals surface area contributed by atoms with E-state index in [9.17, 15) is 0 Å². The number of guanidine groups is 1. The van der Waals surface area contributed by atoms with Gasteiger partial charge in [-0.3, -0.25) is 4.99 Å². The Kier molecular flexibility index (Phi) is 7.37. The number of nitrogens with two attached hydrogens (primary N) is 1. The Morgan fingerprint density at radius 2 is 1.79 bits per heavy atom. The van der Waals surface area contributed by atoms with Crippen LogP contribution in [0.3, 0.4) is 0 Å². The predicted molar refractivity (Wildman–Crippen MR) is 104 cm³/mol. The number of benzene rings is 2. The van der Waals surface area contributed by atoms with Gasteiger partial charge in [-0.2, -0.15) is 0 Å². The van der Waals surface area contributed by atoms with Gasteiger partial charge in [-0.05, 0) is 31.0 Å². The van der Waals surface area contributed by atoms with Crippen molar-refractivity contribution in [3.63, 3.8) is 0 Å². The molecule has 1 aliphatic heterocycles. The topological polar surface area (TPSA) is 62.4 Å². The summed E-state index contributed by atoms with van der Waals surface area (Å²) in [6.45, 7) is 3.65. The highest BCUT2D eigenvalue weighted by Crippen LogP contribution is 2.29. The minimum absolute atomic E-state index is 0.266. The maximum absolute atomic E-state index is 5.98. The number of anilines is 1. The summed E-state index contributed by atoms with van der Waals surface area (Å²) in [7, 11) is 0. The van der Waals surface area contributed by atoms with Gasteiger partial charge in [0.1, 0.15) is 0 Å². The normalized spacial score (nSPS) is 14.1. The number of para-hydroxylation sites is 1. The highest BCUT2D eigenvalue weighted by molar-refractivity contribution is 6.39. The van der Waals surface area contributed by atoms with E-state index in [1.807, 2.05) is 25.1 Å². The second kappa shape index (κ2) is 9.52. The molecule has 2 aromatic carbocycles. The standard InChI is InChI=1S/C9H9Cl2N3.C9H13N/c10-6-2-1-3-7(11)8(6)14-9-12-4-5-13-9;1-8(10)7-9-5-3-2-4-6-9/h1-3H,4-5H2,(H2,12,13,14);2-6,8H,7,10H2,1H3/t;8-/m.0/s1. The van der Waals surface area contributed by atoms with E-state index in [-0.39, 0.29) is 6.04 Å². The lowest BCUT2D eigenvalue weighted by Crippen LogP contribution is -2.26. The Morgan fingerprint density at radius 1 is 1.12 bits per heavy atom. The molecule has 0 bridgehead atoms. The summed E-state index contributed by atoms with van der Waals surface area (Å²) in [4.78, 5) is 4.19. The first-order valence-corrected chi connectivity index (χ1v) is 8.60. The van der Waals surface area contributed by atoms with Crippen molar-refractivity contribution in [2.24, 2.45) is 10.7 Å². The highest BCUT2D eigenvalue weighted by Gasteiger charge is 2.09. The number of halogens is 2. The Hall–Kier alpha value is -1.75. The van der Waals surface area contributed by atoms with E-state index >= 15 is 0 Å². The van der Waals surface area contributed by atoms with Crippen LogP contribution in [-0.4, -0.2) is 25.1 Å². The lowest BCUT2D eigenvalue weighted by molar-refractivity contribution is 0.738. The molecule has 0 amide bonds. The minimum atomic E-state index is 0.266. The first-order valence-electron chi connectivity index (χ1n) is 7.85. The van der Waals surface area contributed by atoms with Crippen molar-refractivity contribution in [2.75, 3.05) is 18.4 Å². The zero-order chi connectivity index (χ0) is 17.4. The molecule has 0 saturated heterocycles. The summed E-state index contributed by atoms with van der Waals surface area (Å²) >= 11 is 12.0. The van der Waals surface area contributed by atoms with E-state index in [2.05, 4.69) is 27.8 Å². The molecule has 3 rings (SSSR count). The van der Waals surface area contributed by atoms with Gasteiger partial charge in [0.15, 0.2) is 5.96 Å². The average Bonchev–Trinajstić information content (AvgIpc) is 3.05. The monoisotopic (exact) mass is 364 g/mol. The van der Waals surface area contributed by atoms with E-state index in [1.54, 1.807) is 18.2 Å². The quantitative estimate of drug-likeness (QED) is 0.772. The third-order valence-electron chi connectivity index (χ3n) is 3.28. The summed E-state index contributed by atoms with van der Waals surface area (Å²) in [5, 5.41) is 7.32. The molecule has 6 heteroatoms. The first-order chi connectivity index (χ1) is 11.6. The zero-order valence-corrected chi connectivity index (χ0v) is 15.1. The predicted octanol–water partition coefficient (Wildman–Crippen LogP) is 3.94. The molecular formula is C18H22Cl2N4. The maximum Gasteiger partial charge on any atom is 0.196 e. The largest absolute Gasteiger partial charge is 0.354 e. The smallest absolute Gasteiger partial charge is 0.196 e. The molecule has 1 atom stereocenters. The molecule has 0 saturated carbocycles. The molecule has 0 radical (unpaired) electrons. The van der Waals surface area contributed by atoms with Crippen molar-refractivity contribution in [1.29, 1.82) is 0 Å². The van der Waals surface area contributed by atoms with E-state index in [0.717, 1.165) is 25.5 Å². The number of hydrogen-bond acceptors (Lipinski definition) is 4. The summed E-state index contributed by atoms with van der Waals surface area (Å²) in [5.41, 5.74) is 7.64. The summed E-state index contributed by atoms with van der Waals surface area (Å²) in [6.07, 6.45) is 0.973. The second-order valence-corrected chi connectivity index (χ2v) is 6.36. The number of nitrogens with zero attached hydrogens (tertiary/aromatic N) is 1. The molecule has 4 N–H and O–H groups in total. The van der Waals surface area contributed by atoms with Gasteiger partial charge in [0.25, 0.3) is 0 Å². The van der Waals surface area contributed by atoms with Gasteiger partial charge in [0.2, 0.25) is 0 Å². The van der Waals surface area contributed by atoms with E-state index in [1.165, 1.54) is 5.56 Å². The molecular weight excluding hydrogens is 343 g/mol. The van der Waals surface area contributed by atoms with Crippen molar-refractivity contribution in [3.8, 4) is 0 Å². The molecule has 128 valence electrons. The van der Waals surface area contributed by atoms with Crippen LogP contribution in [0.4, 0.5) is 5.69 Å². The zero-order valence-electron chi connectivity index (χ0n) is 13.6. The van der Waals surface area contributed by atoms with Gasteiger partial charge in [-0.25, -0.2) is 0 Å². The van der Waals surface area contributed by atoms with Crippen LogP contribution in [0.2, 0.25) is 10.0 Å². The summed E-state index contributed by atoms with van der Waals surface area (Å²) < 4.78 is 0. The van der Waals surface area contributed by atoms with Crippen molar-refractivity contribution >= 4 is 34.8 Å². The first kappa shape index (κ1) is 18.6. The Labute approximate surface area is 153 Å². The van der Waals surface area contributed by atoms with Crippen molar-refractivity contribution in [3.05, 3.63) is 64.1 Å². The molecule has 0 fully saturated rings. The Bertz CT molecular complexity index is 652. The molecule has 1 heterocycles. The lowest BCUT2D eigenvalue weighted by Gasteiger charge is -2.09. The van der Waals surface area contributed by atoms with Gasteiger partial charge < -0.3 is 16.4 Å². The van der Waals surface area contributed by atoms with E-state index < -0.39 is 0 Å². The van der Waals surface area contributed by atoms with Crippen molar-refractivity contribution < 1.29 is 0 Å². The number of hydrogen-bond donors (Lipinski definition) is 3. The summed E-state index contributed by atoms with van der Waals surface area (Å²) in [6, 6.07) is 15.9. The Balaban J connectivity index is 0.000000185. The molecule has 0 aliphatic carbocycles. The lowest BCUT2D eigenvalue weighted by atomic mass is 10.1. The minimum Gasteiger partial charge on any atom is -0.354 e. The van der Waals surface area contributed by atoms with Gasteiger partial charge in [-0.15, -0.1) is 0 Å². The molecule has 24 heavy (non-hydrogen) atoms. The van der Waals surface area contributed by atoms with E-state index in [4.69, 9.17) is 28.9 Å². The highest BCUT2D eigenvalue weighted by atomic mass is 35.5. The van der Waals surface area contributed by atoms with Gasteiger partial charge in [0.05, 0.1) is 22.3 Å². The summed E-state index contributed by atoms with van der Waals surface area (Å²) in [5.74, 6) is 0.722. The molecule has 4 nitrogen and oxygen atoms in total. The number of rotatable bonds is 3. The van der Waals surface area contributed by atoms with Crippen LogP contribution in [0.1, 0.15) is 12.5 Å². The van der Waals surface area contributed by atoms with Crippen LogP contribution in [0.5, 0.6) is 0 Å². The van der Waals surface area contributed by atoms with Crippen LogP contribution < -0.4 is 16.4 Å². The van der Waals surface area contributed by atoms with Gasteiger partial charge in [0, 0.05) is 12.6 Å². The third kappa shape index (κ3) is 6.04.